The molecule has 0 saturated carbocycles. The van der Waals surface area contributed by atoms with Gasteiger partial charge in [-0.25, -0.2) is 4.99 Å². The van der Waals surface area contributed by atoms with Crippen molar-refractivity contribution in [2.45, 2.75) is 0 Å². The summed E-state index contributed by atoms with van der Waals surface area (Å²) >= 11 is 0. The maximum Gasteiger partial charge on any atom is 0.200 e. The van der Waals surface area contributed by atoms with Crippen LogP contribution < -0.4 is 0 Å². The molecule has 0 unspecified atom stereocenters. The Morgan fingerprint density at radius 3 is 1.79 bits per heavy atom. The molecule has 2 aromatic carbocycles. The Kier molecular flexibility index (Phi) is 3.93. The topological polar surface area (TPSA) is 53.0 Å². The molecule has 0 atom stereocenters. The van der Waals surface area contributed by atoms with Gasteiger partial charge in [0.05, 0.1) is 5.69 Å². The van der Waals surface area contributed by atoms with Crippen LogP contribution in [0.1, 0.15) is 31.8 Å². The molecule has 122 valence electrons. The highest BCUT2D eigenvalue weighted by Crippen LogP contribution is 2.30. The van der Waals surface area contributed by atoms with Crippen molar-refractivity contribution >= 4 is 23.2 Å². The number of carbonyl (C=O) groups excluding carboxylic acids is 2. The second-order valence-corrected chi connectivity index (χ2v) is 6.13. The third-order valence-corrected chi connectivity index (χ3v) is 3.94. The van der Waals surface area contributed by atoms with E-state index in [9.17, 15) is 9.59 Å². The highest BCUT2D eigenvalue weighted by atomic mass is 16.1. The molecule has 3 rings (SSSR count). The van der Waals surface area contributed by atoms with Gasteiger partial charge in [0.2, 0.25) is 5.96 Å². The van der Waals surface area contributed by atoms with E-state index in [-0.39, 0.29) is 11.6 Å². The number of hydrogen-bond donors (Lipinski definition) is 0. The lowest BCUT2D eigenvalue weighted by Crippen LogP contribution is -2.35. The van der Waals surface area contributed by atoms with Crippen molar-refractivity contribution in [3.05, 3.63) is 64.7 Å². The van der Waals surface area contributed by atoms with Crippen LogP contribution in [0.4, 0.5) is 5.69 Å². The standard InChI is InChI=1S/C19H19N3O2/c1-21(2)19(22(3)4)20-12-9-10-15-16(11-12)18(24)14-8-6-5-7-13(14)17(15)23/h5-11H,1-4H3. The van der Waals surface area contributed by atoms with Gasteiger partial charge in [0.15, 0.2) is 11.6 Å². The highest BCUT2D eigenvalue weighted by Gasteiger charge is 2.29. The van der Waals surface area contributed by atoms with Gasteiger partial charge in [-0.3, -0.25) is 9.59 Å². The fraction of sp³-hybridized carbons (Fsp3) is 0.211. The maximum atomic E-state index is 12.7. The molecular weight excluding hydrogens is 302 g/mol. The number of rotatable bonds is 1. The van der Waals surface area contributed by atoms with Crippen LogP contribution >= 0.6 is 0 Å². The highest BCUT2D eigenvalue weighted by molar-refractivity contribution is 6.28. The lowest BCUT2D eigenvalue weighted by molar-refractivity contribution is 0.0979. The van der Waals surface area contributed by atoms with Crippen LogP contribution in [-0.2, 0) is 0 Å². The summed E-state index contributed by atoms with van der Waals surface area (Å²) in [6.07, 6.45) is 0. The number of benzene rings is 2. The van der Waals surface area contributed by atoms with Crippen LogP contribution in [0.3, 0.4) is 0 Å². The average molecular weight is 321 g/mol. The monoisotopic (exact) mass is 321 g/mol. The van der Waals surface area contributed by atoms with Crippen molar-refractivity contribution in [3.63, 3.8) is 0 Å². The first-order valence-corrected chi connectivity index (χ1v) is 7.66. The van der Waals surface area contributed by atoms with E-state index in [1.165, 1.54) is 0 Å². The number of nitrogens with zero attached hydrogens (tertiary/aromatic N) is 3. The van der Waals surface area contributed by atoms with Crippen molar-refractivity contribution in [1.82, 2.24) is 9.80 Å². The molecule has 0 amide bonds. The minimum absolute atomic E-state index is 0.115. The van der Waals surface area contributed by atoms with E-state index in [0.717, 1.165) is 5.96 Å². The molecule has 0 radical (unpaired) electrons. The largest absolute Gasteiger partial charge is 0.349 e. The van der Waals surface area contributed by atoms with Crippen LogP contribution in [0, 0.1) is 0 Å². The van der Waals surface area contributed by atoms with Gasteiger partial charge in [0.25, 0.3) is 0 Å². The molecule has 5 nitrogen and oxygen atoms in total. The van der Waals surface area contributed by atoms with Gasteiger partial charge in [-0.05, 0) is 18.2 Å². The van der Waals surface area contributed by atoms with Gasteiger partial charge in [-0.15, -0.1) is 0 Å². The summed E-state index contributed by atoms with van der Waals surface area (Å²) in [6, 6.07) is 12.1. The summed E-state index contributed by atoms with van der Waals surface area (Å²) < 4.78 is 0. The van der Waals surface area contributed by atoms with Crippen molar-refractivity contribution in [2.24, 2.45) is 4.99 Å². The molecular formula is C19H19N3O2. The Bertz CT molecular complexity index is 857. The summed E-state index contributed by atoms with van der Waals surface area (Å²) in [5.41, 5.74) is 2.42. The van der Waals surface area contributed by atoms with Crippen molar-refractivity contribution < 1.29 is 9.59 Å². The second-order valence-electron chi connectivity index (χ2n) is 6.13. The molecule has 0 N–H and O–H groups in total. The summed E-state index contributed by atoms with van der Waals surface area (Å²) in [6.45, 7) is 0. The molecule has 0 spiro atoms. The number of guanidine groups is 1. The molecule has 0 saturated heterocycles. The first-order chi connectivity index (χ1) is 11.4. The molecule has 1 aliphatic carbocycles. The van der Waals surface area contributed by atoms with Gasteiger partial charge in [0.1, 0.15) is 0 Å². The minimum Gasteiger partial charge on any atom is -0.349 e. The number of fused-ring (bicyclic) bond motifs is 2. The molecule has 0 aromatic heterocycles. The van der Waals surface area contributed by atoms with Gasteiger partial charge in [-0.2, -0.15) is 0 Å². The third-order valence-electron chi connectivity index (χ3n) is 3.94. The van der Waals surface area contributed by atoms with Crippen molar-refractivity contribution in [3.8, 4) is 0 Å². The maximum absolute atomic E-state index is 12.7. The fourth-order valence-electron chi connectivity index (χ4n) is 2.87. The molecule has 5 heteroatoms. The molecule has 0 fully saturated rings. The quantitative estimate of drug-likeness (QED) is 0.511. The Balaban J connectivity index is 2.11. The van der Waals surface area contributed by atoms with Gasteiger partial charge < -0.3 is 9.80 Å². The fourth-order valence-corrected chi connectivity index (χ4v) is 2.87. The number of hydrogen-bond acceptors (Lipinski definition) is 3. The van der Waals surface area contributed by atoms with E-state index >= 15 is 0 Å². The zero-order chi connectivity index (χ0) is 17.4. The number of carbonyl (C=O) groups is 2. The lowest BCUT2D eigenvalue weighted by atomic mass is 9.84. The SMILES string of the molecule is CN(C)C(=Nc1ccc2c(c1)C(=O)c1ccccc1C2=O)N(C)C. The van der Waals surface area contributed by atoms with Crippen molar-refractivity contribution in [2.75, 3.05) is 28.2 Å². The molecule has 1 aliphatic rings. The molecule has 0 heterocycles. The van der Waals surface area contributed by atoms with Gasteiger partial charge in [-0.1, -0.05) is 24.3 Å². The van der Waals surface area contributed by atoms with Crippen LogP contribution in [0.5, 0.6) is 0 Å². The Morgan fingerprint density at radius 2 is 1.25 bits per heavy atom. The Labute approximate surface area is 141 Å². The first-order valence-electron chi connectivity index (χ1n) is 7.66. The molecule has 0 aliphatic heterocycles. The van der Waals surface area contributed by atoms with E-state index in [2.05, 4.69) is 4.99 Å². The zero-order valence-corrected chi connectivity index (χ0v) is 14.2. The zero-order valence-electron chi connectivity index (χ0n) is 14.2. The van der Waals surface area contributed by atoms with E-state index < -0.39 is 0 Å². The number of ketones is 2. The molecule has 24 heavy (non-hydrogen) atoms. The average Bonchev–Trinajstić information content (AvgIpc) is 2.57. The van der Waals surface area contributed by atoms with E-state index in [4.69, 9.17) is 0 Å². The van der Waals surface area contributed by atoms with Crippen LogP contribution in [-0.4, -0.2) is 55.5 Å². The summed E-state index contributed by atoms with van der Waals surface area (Å²) in [4.78, 5) is 33.7. The molecule has 0 bridgehead atoms. The first kappa shape index (κ1) is 15.9. The van der Waals surface area contributed by atoms with Crippen molar-refractivity contribution in [1.29, 1.82) is 0 Å². The van der Waals surface area contributed by atoms with Crippen LogP contribution in [0.25, 0.3) is 0 Å². The lowest BCUT2D eigenvalue weighted by Gasteiger charge is -2.23. The Hall–Kier alpha value is -2.95. The van der Waals surface area contributed by atoms with Gasteiger partial charge >= 0.3 is 0 Å². The van der Waals surface area contributed by atoms with E-state index in [0.29, 0.717) is 27.9 Å². The normalized spacial score (nSPS) is 12.3. The Morgan fingerprint density at radius 1 is 0.750 bits per heavy atom. The second kappa shape index (κ2) is 5.92. The predicted octanol–water partition coefficient (Wildman–Crippen LogP) is 2.57. The van der Waals surface area contributed by atoms with Gasteiger partial charge in [0, 0.05) is 50.4 Å². The smallest absolute Gasteiger partial charge is 0.200 e. The third kappa shape index (κ3) is 2.58. The summed E-state index contributed by atoms with van der Waals surface area (Å²) in [5, 5.41) is 0. The van der Waals surface area contributed by atoms with Crippen LogP contribution in [0.15, 0.2) is 47.5 Å². The van der Waals surface area contributed by atoms with Crippen LogP contribution in [0.2, 0.25) is 0 Å². The number of aliphatic imine (C=N–C) groups is 1. The minimum atomic E-state index is -0.131. The summed E-state index contributed by atoms with van der Waals surface area (Å²) in [7, 11) is 7.62. The predicted molar refractivity (Wildman–Crippen MR) is 94.2 cm³/mol. The molecule has 2 aromatic rings. The van der Waals surface area contributed by atoms with E-state index in [1.54, 1.807) is 42.5 Å². The van der Waals surface area contributed by atoms with E-state index in [1.807, 2.05) is 38.0 Å². The summed E-state index contributed by atoms with van der Waals surface area (Å²) in [5.74, 6) is 0.509.